The number of nitriles is 1. The Morgan fingerprint density at radius 1 is 1.50 bits per heavy atom. The number of ether oxygens (including phenoxy) is 1. The smallest absolute Gasteiger partial charge is 0.127 e. The third-order valence-electron chi connectivity index (χ3n) is 1.90. The number of hydrogen-bond donors (Lipinski definition) is 2. The number of rotatable bonds is 7. The summed E-state index contributed by atoms with van der Waals surface area (Å²) in [6, 6.07) is 5.42. The van der Waals surface area contributed by atoms with Crippen LogP contribution in [0.3, 0.4) is 0 Å². The van der Waals surface area contributed by atoms with Gasteiger partial charge in [0.05, 0.1) is 24.8 Å². The zero-order valence-electron chi connectivity index (χ0n) is 9.02. The van der Waals surface area contributed by atoms with Crippen LogP contribution in [0, 0.1) is 11.3 Å². The van der Waals surface area contributed by atoms with Crippen LogP contribution in [-0.4, -0.2) is 36.5 Å². The molecule has 0 aromatic carbocycles. The molecule has 0 amide bonds. The predicted octanol–water partition coefficient (Wildman–Crippen LogP) is 0.764. The first kappa shape index (κ1) is 12.4. The molecule has 0 radical (unpaired) electrons. The van der Waals surface area contributed by atoms with Gasteiger partial charge in [0.25, 0.3) is 0 Å². The summed E-state index contributed by atoms with van der Waals surface area (Å²) < 4.78 is 5.10. The van der Waals surface area contributed by atoms with Gasteiger partial charge in [-0.15, -0.1) is 0 Å². The molecule has 0 atom stereocenters. The van der Waals surface area contributed by atoms with Crippen LogP contribution in [0.25, 0.3) is 0 Å². The second kappa shape index (κ2) is 7.63. The summed E-state index contributed by atoms with van der Waals surface area (Å²) in [6.45, 7) is 1.76. The Bertz CT molecular complexity index is 349. The highest BCUT2D eigenvalue weighted by Crippen LogP contribution is 2.05. The highest BCUT2D eigenvalue weighted by Gasteiger charge is 1.95. The second-order valence-corrected chi connectivity index (χ2v) is 3.16. The molecule has 0 bridgehead atoms. The minimum atomic E-state index is 0.0548. The van der Waals surface area contributed by atoms with Gasteiger partial charge < -0.3 is 15.2 Å². The number of aliphatic hydroxyl groups is 1. The van der Waals surface area contributed by atoms with Crippen molar-refractivity contribution in [3.63, 3.8) is 0 Å². The van der Waals surface area contributed by atoms with Crippen LogP contribution in [0.1, 0.15) is 12.0 Å². The molecule has 0 aliphatic heterocycles. The SMILES string of the molecule is N#Cc1ccnc(NCCCOCCO)c1. The van der Waals surface area contributed by atoms with Crippen molar-refractivity contribution in [3.8, 4) is 6.07 Å². The third kappa shape index (κ3) is 4.73. The molecule has 5 nitrogen and oxygen atoms in total. The molecule has 2 N–H and O–H groups in total. The van der Waals surface area contributed by atoms with Crippen LogP contribution in [0.4, 0.5) is 5.82 Å². The minimum absolute atomic E-state index is 0.0548. The van der Waals surface area contributed by atoms with Crippen LogP contribution in [0.15, 0.2) is 18.3 Å². The van der Waals surface area contributed by atoms with Crippen molar-refractivity contribution in [3.05, 3.63) is 23.9 Å². The van der Waals surface area contributed by atoms with Crippen LogP contribution in [0.5, 0.6) is 0 Å². The lowest BCUT2D eigenvalue weighted by atomic mass is 10.3. The van der Waals surface area contributed by atoms with Gasteiger partial charge in [-0.25, -0.2) is 4.98 Å². The Morgan fingerprint density at radius 3 is 3.12 bits per heavy atom. The predicted molar refractivity (Wildman–Crippen MR) is 60.0 cm³/mol. The van der Waals surface area contributed by atoms with Gasteiger partial charge in [-0.3, -0.25) is 0 Å². The summed E-state index contributed by atoms with van der Waals surface area (Å²) in [5.41, 5.74) is 0.592. The van der Waals surface area contributed by atoms with E-state index in [4.69, 9.17) is 15.1 Å². The van der Waals surface area contributed by atoms with Crippen molar-refractivity contribution in [2.24, 2.45) is 0 Å². The van der Waals surface area contributed by atoms with Gasteiger partial charge >= 0.3 is 0 Å². The first-order valence-electron chi connectivity index (χ1n) is 5.15. The van der Waals surface area contributed by atoms with E-state index in [-0.39, 0.29) is 6.61 Å². The number of nitrogens with one attached hydrogen (secondary N) is 1. The summed E-state index contributed by atoms with van der Waals surface area (Å²) in [4.78, 5) is 4.08. The molecule has 5 heteroatoms. The quantitative estimate of drug-likeness (QED) is 0.665. The summed E-state index contributed by atoms with van der Waals surface area (Å²) in [5, 5.41) is 20.3. The molecule has 0 saturated carbocycles. The fraction of sp³-hybridized carbons (Fsp3) is 0.455. The zero-order valence-corrected chi connectivity index (χ0v) is 9.02. The lowest BCUT2D eigenvalue weighted by Gasteiger charge is -2.05. The molecule has 1 rings (SSSR count). The molecule has 0 unspecified atom stereocenters. The number of aliphatic hydroxyl groups excluding tert-OH is 1. The summed E-state index contributed by atoms with van der Waals surface area (Å²) >= 11 is 0. The molecule has 0 aliphatic rings. The maximum absolute atomic E-state index is 8.68. The number of anilines is 1. The lowest BCUT2D eigenvalue weighted by Crippen LogP contribution is -2.08. The van der Waals surface area contributed by atoms with Crippen molar-refractivity contribution < 1.29 is 9.84 Å². The van der Waals surface area contributed by atoms with E-state index in [9.17, 15) is 0 Å². The minimum Gasteiger partial charge on any atom is -0.394 e. The van der Waals surface area contributed by atoms with Gasteiger partial charge in [0, 0.05) is 19.3 Å². The highest BCUT2D eigenvalue weighted by molar-refractivity contribution is 5.42. The Labute approximate surface area is 94.7 Å². The molecular weight excluding hydrogens is 206 g/mol. The van der Waals surface area contributed by atoms with Crippen molar-refractivity contribution in [2.75, 3.05) is 31.7 Å². The Kier molecular flexibility index (Phi) is 5.92. The molecule has 0 fully saturated rings. The first-order valence-corrected chi connectivity index (χ1v) is 5.15. The normalized spacial score (nSPS) is 9.75. The highest BCUT2D eigenvalue weighted by atomic mass is 16.5. The van der Waals surface area contributed by atoms with E-state index in [0.717, 1.165) is 13.0 Å². The summed E-state index contributed by atoms with van der Waals surface area (Å²) in [6.07, 6.45) is 2.43. The zero-order chi connectivity index (χ0) is 11.6. The van der Waals surface area contributed by atoms with Crippen LogP contribution in [-0.2, 0) is 4.74 Å². The Morgan fingerprint density at radius 2 is 2.38 bits per heavy atom. The van der Waals surface area contributed by atoms with Gasteiger partial charge in [-0.05, 0) is 18.6 Å². The van der Waals surface area contributed by atoms with E-state index >= 15 is 0 Å². The van der Waals surface area contributed by atoms with Crippen molar-refractivity contribution in [2.45, 2.75) is 6.42 Å². The van der Waals surface area contributed by atoms with Gasteiger partial charge in [0.1, 0.15) is 5.82 Å². The Balaban J connectivity index is 2.19. The monoisotopic (exact) mass is 221 g/mol. The molecule has 1 heterocycles. The van der Waals surface area contributed by atoms with Crippen LogP contribution in [0.2, 0.25) is 0 Å². The summed E-state index contributed by atoms with van der Waals surface area (Å²) in [7, 11) is 0. The summed E-state index contributed by atoms with van der Waals surface area (Å²) in [5.74, 6) is 0.696. The molecule has 1 aromatic heterocycles. The number of hydrogen-bond acceptors (Lipinski definition) is 5. The maximum Gasteiger partial charge on any atom is 0.127 e. The average molecular weight is 221 g/mol. The number of nitrogens with zero attached hydrogens (tertiary/aromatic N) is 2. The van der Waals surface area contributed by atoms with Gasteiger partial charge in [0.15, 0.2) is 0 Å². The lowest BCUT2D eigenvalue weighted by molar-refractivity contribution is 0.0922. The van der Waals surface area contributed by atoms with E-state index in [2.05, 4.69) is 16.4 Å². The molecule has 1 aromatic rings. The fourth-order valence-corrected chi connectivity index (χ4v) is 1.15. The molecular formula is C11H15N3O2. The first-order chi connectivity index (χ1) is 7.86. The van der Waals surface area contributed by atoms with E-state index in [1.54, 1.807) is 18.3 Å². The van der Waals surface area contributed by atoms with Crippen LogP contribution < -0.4 is 5.32 Å². The molecule has 0 aliphatic carbocycles. The fourth-order valence-electron chi connectivity index (χ4n) is 1.15. The maximum atomic E-state index is 8.68. The van der Waals surface area contributed by atoms with Gasteiger partial charge in [0.2, 0.25) is 0 Å². The molecule has 0 saturated heterocycles. The van der Waals surface area contributed by atoms with Crippen molar-refractivity contribution in [1.82, 2.24) is 4.98 Å². The third-order valence-corrected chi connectivity index (χ3v) is 1.90. The van der Waals surface area contributed by atoms with Crippen molar-refractivity contribution >= 4 is 5.82 Å². The second-order valence-electron chi connectivity index (χ2n) is 3.16. The number of pyridine rings is 1. The van der Waals surface area contributed by atoms with Crippen LogP contribution >= 0.6 is 0 Å². The van der Waals surface area contributed by atoms with E-state index in [1.807, 2.05) is 0 Å². The molecule has 86 valence electrons. The van der Waals surface area contributed by atoms with E-state index in [0.29, 0.717) is 24.6 Å². The standard InChI is InChI=1S/C11H15N3O2/c12-9-10-2-4-14-11(8-10)13-3-1-6-16-7-5-15/h2,4,8,15H,1,3,5-7H2,(H,13,14). The number of aromatic nitrogens is 1. The largest absolute Gasteiger partial charge is 0.394 e. The Hall–Kier alpha value is -1.64. The van der Waals surface area contributed by atoms with Gasteiger partial charge in [-0.2, -0.15) is 5.26 Å². The van der Waals surface area contributed by atoms with E-state index < -0.39 is 0 Å². The average Bonchev–Trinajstić information content (AvgIpc) is 2.34. The molecule has 0 spiro atoms. The molecule has 16 heavy (non-hydrogen) atoms. The van der Waals surface area contributed by atoms with Crippen molar-refractivity contribution in [1.29, 1.82) is 5.26 Å². The van der Waals surface area contributed by atoms with E-state index in [1.165, 1.54) is 0 Å². The topological polar surface area (TPSA) is 78.2 Å². The van der Waals surface area contributed by atoms with Gasteiger partial charge in [-0.1, -0.05) is 0 Å².